The van der Waals surface area contributed by atoms with Crippen LogP contribution in [0.15, 0.2) is 0 Å². The van der Waals surface area contributed by atoms with Crippen LogP contribution in [-0.4, -0.2) is 64.3 Å². The van der Waals surface area contributed by atoms with Crippen molar-refractivity contribution < 1.29 is 32.8 Å². The number of hydrogen-bond acceptors (Lipinski definition) is 4. The minimum absolute atomic E-state index is 0.390. The van der Waals surface area contributed by atoms with Crippen LogP contribution in [0.4, 0.5) is 0 Å². The van der Waals surface area contributed by atoms with Gasteiger partial charge in [0.1, 0.15) is 0 Å². The van der Waals surface area contributed by atoms with Crippen LogP contribution < -0.4 is 0 Å². The molecule has 1 unspecified atom stereocenters. The van der Waals surface area contributed by atoms with E-state index in [4.69, 9.17) is 0 Å². The van der Waals surface area contributed by atoms with Gasteiger partial charge < -0.3 is 0 Å². The SMILES string of the molecule is CCCCP(CCCC)(CCCC)(CCCC)C(CC(=O)O)(C(=O)O)S(=O)(=O)O. The fraction of sp³-hybridized carbons (Fsp3) is 0.900. The molecule has 0 saturated heterocycles. The van der Waals surface area contributed by atoms with Gasteiger partial charge in [-0.25, -0.2) is 0 Å². The van der Waals surface area contributed by atoms with Crippen LogP contribution in [0.1, 0.15) is 85.5 Å². The van der Waals surface area contributed by atoms with Crippen molar-refractivity contribution in [3.63, 3.8) is 0 Å². The van der Waals surface area contributed by atoms with Gasteiger partial charge in [-0.1, -0.05) is 0 Å². The van der Waals surface area contributed by atoms with Crippen molar-refractivity contribution in [1.29, 1.82) is 0 Å². The predicted octanol–water partition coefficient (Wildman–Crippen LogP) is 4.88. The van der Waals surface area contributed by atoms with Gasteiger partial charge in [-0.3, -0.25) is 0 Å². The average molecular weight is 457 g/mol. The zero-order valence-electron chi connectivity index (χ0n) is 18.5. The zero-order chi connectivity index (χ0) is 22.8. The van der Waals surface area contributed by atoms with Gasteiger partial charge in [-0.15, -0.1) is 0 Å². The van der Waals surface area contributed by atoms with Crippen LogP contribution in [-0.2, 0) is 19.7 Å². The van der Waals surface area contributed by atoms with Crippen molar-refractivity contribution in [2.24, 2.45) is 0 Å². The van der Waals surface area contributed by atoms with Crippen LogP contribution in [0, 0.1) is 0 Å². The second-order valence-corrected chi connectivity index (χ2v) is 16.9. The maximum atomic E-state index is 12.9. The molecule has 0 saturated carbocycles. The van der Waals surface area contributed by atoms with E-state index in [-0.39, 0.29) is 0 Å². The van der Waals surface area contributed by atoms with E-state index in [0.29, 0.717) is 50.3 Å². The fourth-order valence-corrected chi connectivity index (χ4v) is 17.7. The van der Waals surface area contributed by atoms with Crippen LogP contribution in [0.3, 0.4) is 0 Å². The van der Waals surface area contributed by atoms with Gasteiger partial charge in [0, 0.05) is 0 Å². The summed E-state index contributed by atoms with van der Waals surface area (Å²) in [5.41, 5.74) is 0. The van der Waals surface area contributed by atoms with E-state index >= 15 is 0 Å². The maximum absolute atomic E-state index is 12.9. The molecule has 7 nitrogen and oxygen atoms in total. The van der Waals surface area contributed by atoms with Crippen LogP contribution in [0.2, 0.25) is 0 Å². The Labute approximate surface area is 176 Å². The second-order valence-electron chi connectivity index (χ2n) is 8.42. The molecule has 0 aliphatic carbocycles. The summed E-state index contributed by atoms with van der Waals surface area (Å²) >= 11 is 0. The second kappa shape index (κ2) is 11.6. The Balaban J connectivity index is 7.45. The molecule has 9 heteroatoms. The van der Waals surface area contributed by atoms with E-state index in [2.05, 4.69) is 0 Å². The van der Waals surface area contributed by atoms with Gasteiger partial charge >= 0.3 is 176 Å². The van der Waals surface area contributed by atoms with Crippen molar-refractivity contribution in [3.05, 3.63) is 0 Å². The summed E-state index contributed by atoms with van der Waals surface area (Å²) in [5, 5.41) is 20.0. The van der Waals surface area contributed by atoms with Gasteiger partial charge in [0.25, 0.3) is 0 Å². The van der Waals surface area contributed by atoms with Crippen LogP contribution in [0.25, 0.3) is 0 Å². The summed E-state index contributed by atoms with van der Waals surface area (Å²) in [7, 11) is -5.18. The normalized spacial score (nSPS) is 16.0. The van der Waals surface area contributed by atoms with E-state index < -0.39 is 39.6 Å². The molecular formula is C20H41O7PS. The number of unbranched alkanes of at least 4 members (excludes halogenated alkanes) is 4. The molecule has 29 heavy (non-hydrogen) atoms. The van der Waals surface area contributed by atoms with Crippen molar-refractivity contribution in [2.75, 3.05) is 24.6 Å². The Kier molecular flexibility index (Phi) is 11.3. The molecule has 0 aromatic heterocycles. The molecule has 0 amide bonds. The van der Waals surface area contributed by atoms with Crippen molar-refractivity contribution in [3.8, 4) is 0 Å². The summed E-state index contributed by atoms with van der Waals surface area (Å²) in [4.78, 5) is 24.6. The number of carboxylic acids is 2. The Bertz CT molecular complexity index is 604. The molecule has 0 radical (unpaired) electrons. The summed E-state index contributed by atoms with van der Waals surface area (Å²) < 4.78 is 33.5. The van der Waals surface area contributed by atoms with Gasteiger partial charge in [0.15, 0.2) is 0 Å². The molecular weight excluding hydrogens is 415 g/mol. The number of hydrogen-bond donors (Lipinski definition) is 3. The summed E-state index contributed by atoms with van der Waals surface area (Å²) in [6.45, 7) is 4.02. The summed E-state index contributed by atoms with van der Waals surface area (Å²) in [6.07, 6.45) is 5.96. The number of rotatable bonds is 17. The first-order valence-corrected chi connectivity index (χ1v) is 15.3. The Morgan fingerprint density at radius 1 is 0.759 bits per heavy atom. The average Bonchev–Trinajstić information content (AvgIpc) is 2.64. The third-order valence-corrected chi connectivity index (χ3v) is 18.3. The van der Waals surface area contributed by atoms with E-state index in [1.807, 2.05) is 27.7 Å². The van der Waals surface area contributed by atoms with E-state index in [1.54, 1.807) is 0 Å². The first-order chi connectivity index (χ1) is 13.4. The standard InChI is InChI=1S/C20H41O7PS/c1-5-9-13-28(14-10-6-2,15-11-7-3,16-12-8-4)20(19(23)24,17-18(21)22)29(25,26)27/h5-17H2,1-4H3,(H,21,22)(H,23,24)(H,25,26,27). The number of carbonyl (C=O) groups is 2. The predicted molar refractivity (Wildman–Crippen MR) is 120 cm³/mol. The topological polar surface area (TPSA) is 129 Å². The van der Waals surface area contributed by atoms with Gasteiger partial charge in [-0.2, -0.15) is 0 Å². The first-order valence-electron chi connectivity index (χ1n) is 10.8. The Morgan fingerprint density at radius 2 is 1.07 bits per heavy atom. The third-order valence-electron chi connectivity index (χ3n) is 6.56. The molecule has 0 bridgehead atoms. The quantitative estimate of drug-likeness (QED) is 0.210. The van der Waals surface area contributed by atoms with Crippen molar-refractivity contribution in [2.45, 2.75) is 90.0 Å². The van der Waals surface area contributed by atoms with Gasteiger partial charge in [0.05, 0.1) is 0 Å². The van der Waals surface area contributed by atoms with E-state index in [0.717, 1.165) is 25.7 Å². The molecule has 0 rings (SSSR count). The molecule has 174 valence electrons. The van der Waals surface area contributed by atoms with Gasteiger partial charge in [0.2, 0.25) is 0 Å². The zero-order valence-corrected chi connectivity index (χ0v) is 20.2. The number of aliphatic carboxylic acids is 2. The molecule has 3 N–H and O–H groups in total. The van der Waals surface area contributed by atoms with Gasteiger partial charge in [-0.05, 0) is 0 Å². The Hall–Kier alpha value is -0.720. The monoisotopic (exact) mass is 456 g/mol. The molecule has 0 aromatic carbocycles. The Morgan fingerprint density at radius 3 is 1.24 bits per heavy atom. The summed E-state index contributed by atoms with van der Waals surface area (Å²) in [6, 6.07) is 0. The molecule has 0 aliphatic rings. The fourth-order valence-electron chi connectivity index (χ4n) is 4.99. The molecule has 0 fully saturated rings. The van der Waals surface area contributed by atoms with E-state index in [9.17, 15) is 32.8 Å². The molecule has 0 aliphatic heterocycles. The summed E-state index contributed by atoms with van der Waals surface area (Å²) in [5.74, 6) is -3.19. The van der Waals surface area contributed by atoms with Crippen LogP contribution in [0.5, 0.6) is 0 Å². The third kappa shape index (κ3) is 5.71. The van der Waals surface area contributed by atoms with E-state index in [1.165, 1.54) is 0 Å². The first kappa shape index (κ1) is 28.3. The van der Waals surface area contributed by atoms with Crippen molar-refractivity contribution in [1.82, 2.24) is 0 Å². The van der Waals surface area contributed by atoms with Crippen molar-refractivity contribution >= 4 is 28.7 Å². The number of carboxylic acid groups (broad SMARTS) is 2. The molecule has 1 atom stereocenters. The van der Waals surface area contributed by atoms with Crippen LogP contribution >= 0.6 is 6.60 Å². The molecule has 0 spiro atoms. The molecule has 0 aromatic rings. The minimum atomic E-state index is -5.18. The molecule has 0 heterocycles.